The van der Waals surface area contributed by atoms with E-state index >= 15 is 0 Å². The molecule has 5 fully saturated rings. The molecule has 9 rings (SSSR count). The van der Waals surface area contributed by atoms with Crippen LogP contribution in [0.25, 0.3) is 0 Å². The zero-order valence-corrected chi connectivity index (χ0v) is 48.1. The van der Waals surface area contributed by atoms with Gasteiger partial charge in [-0.2, -0.15) is 0 Å². The predicted molar refractivity (Wildman–Crippen MR) is 308 cm³/mol. The fourth-order valence-corrected chi connectivity index (χ4v) is 15.3. The topological polar surface area (TPSA) is 98.1 Å². The molecule has 3 N–H and O–H groups in total. The van der Waals surface area contributed by atoms with E-state index < -0.39 is 16.8 Å². The summed E-state index contributed by atoms with van der Waals surface area (Å²) >= 11 is 0. The van der Waals surface area contributed by atoms with Crippen LogP contribution in [0.2, 0.25) is 0 Å². The molecule has 0 aliphatic heterocycles. The number of aryl methyl sites for hydroxylation is 1. The first-order valence-electron chi connectivity index (χ1n) is 29.1. The Morgan fingerprint density at radius 2 is 0.760 bits per heavy atom. The lowest BCUT2D eigenvalue weighted by atomic mass is 9.67. The van der Waals surface area contributed by atoms with Crippen LogP contribution in [0.4, 0.5) is 0 Å². The molecule has 5 saturated carbocycles. The Morgan fingerprint density at radius 3 is 1.16 bits per heavy atom. The Kier molecular flexibility index (Phi) is 21.2. The van der Waals surface area contributed by atoms with Gasteiger partial charge in [-0.1, -0.05) is 98.3 Å². The summed E-state index contributed by atoms with van der Waals surface area (Å²) in [5, 5.41) is 35.9. The van der Waals surface area contributed by atoms with Crippen LogP contribution in [-0.2, 0) is 24.9 Å². The lowest BCUT2D eigenvalue weighted by Gasteiger charge is -2.45. The van der Waals surface area contributed by atoms with Crippen molar-refractivity contribution in [3.05, 3.63) is 125 Å². The molecule has 0 spiro atoms. The third kappa shape index (κ3) is 14.4. The van der Waals surface area contributed by atoms with Crippen LogP contribution in [0.3, 0.4) is 0 Å². The van der Waals surface area contributed by atoms with E-state index in [1.807, 2.05) is 24.3 Å². The van der Waals surface area contributed by atoms with E-state index in [1.54, 1.807) is 21.3 Å². The molecule has 0 heterocycles. The van der Waals surface area contributed by atoms with Crippen molar-refractivity contribution in [1.29, 1.82) is 0 Å². The molecule has 0 bridgehead atoms. The normalized spacial score (nSPS) is 29.1. The average Bonchev–Trinajstić information content (AvgIpc) is 4.21. The Bertz CT molecular complexity index is 2340. The van der Waals surface area contributed by atoms with Crippen LogP contribution < -0.4 is 14.2 Å². The molecule has 9 atom stereocenters. The summed E-state index contributed by atoms with van der Waals surface area (Å²) in [6.07, 6.45) is 20.8. The molecule has 4 aromatic carbocycles. The largest absolute Gasteiger partial charge is 0.497 e. The van der Waals surface area contributed by atoms with Crippen LogP contribution in [0.5, 0.6) is 17.2 Å². The third-order valence-electron chi connectivity index (χ3n) is 18.8. The SMILES string of the molecule is COc1cccc(CC2CCC(CN(C)C)C2(O)C2CCCC2)c1.COc1cccc(CC2CCC(CN(C)C)C2(O)C2CCCCC2)c1.COc1cccc(CC2CCC(CN(C)C)C2(O)c2cccc(C)c2)c1. The number of aliphatic hydroxyl groups is 3. The highest BCUT2D eigenvalue weighted by atomic mass is 16.5. The van der Waals surface area contributed by atoms with Gasteiger partial charge < -0.3 is 44.2 Å². The summed E-state index contributed by atoms with van der Waals surface area (Å²) < 4.78 is 16.1. The quantitative estimate of drug-likeness (QED) is 0.0900. The monoisotopic (exact) mass is 1030 g/mol. The summed E-state index contributed by atoms with van der Waals surface area (Å²) in [6.45, 7) is 5.00. The van der Waals surface area contributed by atoms with E-state index in [0.29, 0.717) is 35.5 Å². The molecule has 0 amide bonds. The minimum atomic E-state index is -0.792. The van der Waals surface area contributed by atoms with Crippen LogP contribution in [-0.4, -0.2) is 124 Å². The van der Waals surface area contributed by atoms with Crippen molar-refractivity contribution in [1.82, 2.24) is 14.7 Å². The van der Waals surface area contributed by atoms with Gasteiger partial charge in [0.25, 0.3) is 0 Å². The maximum absolute atomic E-state index is 12.0. The van der Waals surface area contributed by atoms with E-state index in [0.717, 1.165) is 100 Å². The molecular weight excluding hydrogens is 931 g/mol. The first-order valence-corrected chi connectivity index (χ1v) is 29.1. The highest BCUT2D eigenvalue weighted by Crippen LogP contribution is 2.54. The van der Waals surface area contributed by atoms with E-state index in [9.17, 15) is 15.3 Å². The molecule has 0 radical (unpaired) electrons. The van der Waals surface area contributed by atoms with E-state index in [4.69, 9.17) is 14.2 Å². The van der Waals surface area contributed by atoms with Gasteiger partial charge in [-0.3, -0.25) is 0 Å². The van der Waals surface area contributed by atoms with Gasteiger partial charge in [-0.15, -0.1) is 0 Å². The van der Waals surface area contributed by atoms with Crippen molar-refractivity contribution >= 4 is 0 Å². The van der Waals surface area contributed by atoms with Gasteiger partial charge in [0.2, 0.25) is 0 Å². The maximum Gasteiger partial charge on any atom is 0.119 e. The number of methoxy groups -OCH3 is 3. The summed E-state index contributed by atoms with van der Waals surface area (Å²) in [6, 6.07) is 33.4. The molecule has 414 valence electrons. The third-order valence-corrected chi connectivity index (χ3v) is 18.8. The summed E-state index contributed by atoms with van der Waals surface area (Å²) in [5.41, 5.74) is 4.29. The maximum atomic E-state index is 12.0. The standard InChI is InChI=1S/C23H31NO2.C22H35NO2.C21H33NO2/c1-17-7-5-9-19(13-17)23(25)20(11-12-21(23)16-24(2)3)14-18-8-6-10-22(15-18)26-4;1-23(2)16-20-13-12-19(14-17-8-7-11-21(15-17)25-3)22(20,24)18-9-5-4-6-10-18;1-22(2)15-19-12-11-18(21(19,23)17-8-4-5-9-17)13-16-7-6-10-20(14-16)24-3/h5-10,13,15,20-21,25H,11-12,14,16H2,1-4H3;7-8,11,15,18-20,24H,4-6,9-10,12-14,16H2,1-3H3;6-7,10,14,17-19,23H,4-5,8-9,11-13,15H2,1-3H3. The Labute approximate surface area is 454 Å². The van der Waals surface area contributed by atoms with E-state index in [-0.39, 0.29) is 11.8 Å². The first kappa shape index (κ1) is 58.7. The van der Waals surface area contributed by atoms with Crippen LogP contribution in [0, 0.1) is 54.3 Å². The van der Waals surface area contributed by atoms with Gasteiger partial charge in [0.15, 0.2) is 0 Å². The molecule has 0 saturated heterocycles. The van der Waals surface area contributed by atoms with Gasteiger partial charge >= 0.3 is 0 Å². The van der Waals surface area contributed by atoms with Crippen LogP contribution >= 0.6 is 0 Å². The molecule has 5 aliphatic rings. The zero-order valence-electron chi connectivity index (χ0n) is 48.1. The van der Waals surface area contributed by atoms with Crippen molar-refractivity contribution in [3.8, 4) is 17.2 Å². The number of benzene rings is 4. The second kappa shape index (κ2) is 27.1. The summed E-state index contributed by atoms with van der Waals surface area (Å²) in [5.74, 6) is 5.68. The zero-order chi connectivity index (χ0) is 53.8. The van der Waals surface area contributed by atoms with Crippen molar-refractivity contribution < 1.29 is 29.5 Å². The second-order valence-electron chi connectivity index (χ2n) is 24.7. The van der Waals surface area contributed by atoms with Crippen LogP contribution in [0.15, 0.2) is 97.1 Å². The van der Waals surface area contributed by atoms with E-state index in [2.05, 4.69) is 137 Å². The fourth-order valence-electron chi connectivity index (χ4n) is 15.3. The number of hydrogen-bond donors (Lipinski definition) is 3. The summed E-state index contributed by atoms with van der Waals surface area (Å²) in [4.78, 5) is 6.70. The second-order valence-corrected chi connectivity index (χ2v) is 24.7. The molecule has 9 nitrogen and oxygen atoms in total. The Balaban J connectivity index is 0.000000164. The van der Waals surface area contributed by atoms with Gasteiger partial charge in [-0.05, 0) is 221 Å². The fraction of sp³-hybridized carbons (Fsp3) is 0.636. The molecule has 5 aliphatic carbocycles. The van der Waals surface area contributed by atoms with Crippen molar-refractivity contribution in [2.24, 2.45) is 47.3 Å². The minimum absolute atomic E-state index is 0.210. The highest BCUT2D eigenvalue weighted by molar-refractivity contribution is 5.34. The molecule has 9 heteroatoms. The smallest absolute Gasteiger partial charge is 0.119 e. The van der Waals surface area contributed by atoms with Gasteiger partial charge in [-0.25, -0.2) is 0 Å². The molecule has 4 aromatic rings. The molecule has 9 unspecified atom stereocenters. The first-order chi connectivity index (χ1) is 36.0. The van der Waals surface area contributed by atoms with Gasteiger partial charge in [0, 0.05) is 37.4 Å². The molecule has 0 aromatic heterocycles. The molecular formula is C66H99N3O6. The van der Waals surface area contributed by atoms with E-state index in [1.165, 1.54) is 80.0 Å². The predicted octanol–water partition coefficient (Wildman–Crippen LogP) is 11.9. The lowest BCUT2D eigenvalue weighted by molar-refractivity contribution is -0.101. The van der Waals surface area contributed by atoms with Gasteiger partial charge in [0.05, 0.1) is 38.1 Å². The highest BCUT2D eigenvalue weighted by Gasteiger charge is 2.55. The van der Waals surface area contributed by atoms with Crippen LogP contribution in [0.1, 0.15) is 124 Å². The van der Waals surface area contributed by atoms with Crippen molar-refractivity contribution in [3.63, 3.8) is 0 Å². The minimum Gasteiger partial charge on any atom is -0.497 e. The van der Waals surface area contributed by atoms with Gasteiger partial charge in [0.1, 0.15) is 17.2 Å². The Hall–Kier alpha value is -3.96. The Morgan fingerprint density at radius 1 is 0.413 bits per heavy atom. The number of ether oxygens (including phenoxy) is 3. The number of rotatable bonds is 18. The molecule has 75 heavy (non-hydrogen) atoms. The van der Waals surface area contributed by atoms with Crippen molar-refractivity contribution in [2.45, 2.75) is 139 Å². The number of nitrogens with zero attached hydrogens (tertiary/aromatic N) is 3. The number of hydrogen-bond acceptors (Lipinski definition) is 9. The lowest BCUT2D eigenvalue weighted by Crippen LogP contribution is -2.50. The van der Waals surface area contributed by atoms with Crippen molar-refractivity contribution in [2.75, 3.05) is 83.2 Å². The average molecular weight is 1030 g/mol. The summed E-state index contributed by atoms with van der Waals surface area (Å²) in [7, 11) is 17.8.